The second-order valence-electron chi connectivity index (χ2n) is 7.43. The zero-order chi connectivity index (χ0) is 18.7. The summed E-state index contributed by atoms with van der Waals surface area (Å²) >= 11 is 0. The van der Waals surface area contributed by atoms with Crippen LogP contribution in [0, 0.1) is 17.6 Å². The maximum atomic E-state index is 13.8. The van der Waals surface area contributed by atoms with Gasteiger partial charge in [-0.3, -0.25) is 9.59 Å². The van der Waals surface area contributed by atoms with E-state index in [1.165, 1.54) is 25.3 Å². The SMILES string of the molecule is CN(C(=O)C1CCN(C(=O)c2ccc(F)cc2F)CC1)C1CCCCC1. The third-order valence-corrected chi connectivity index (χ3v) is 5.76. The van der Waals surface area contributed by atoms with Crippen LogP contribution in [0.25, 0.3) is 0 Å². The molecule has 142 valence electrons. The van der Waals surface area contributed by atoms with Crippen molar-refractivity contribution in [2.24, 2.45) is 5.92 Å². The molecule has 0 spiro atoms. The van der Waals surface area contributed by atoms with Crippen molar-refractivity contribution < 1.29 is 18.4 Å². The first-order valence-corrected chi connectivity index (χ1v) is 9.48. The van der Waals surface area contributed by atoms with Gasteiger partial charge in [0.05, 0.1) is 5.56 Å². The molecule has 1 aromatic rings. The molecule has 1 aliphatic carbocycles. The predicted octanol–water partition coefficient (Wildman–Crippen LogP) is 3.61. The summed E-state index contributed by atoms with van der Waals surface area (Å²) in [5, 5.41) is 0. The molecule has 0 N–H and O–H groups in total. The summed E-state index contributed by atoms with van der Waals surface area (Å²) < 4.78 is 26.8. The Kier molecular flexibility index (Phi) is 5.89. The van der Waals surface area contributed by atoms with Crippen LogP contribution in [0.15, 0.2) is 18.2 Å². The van der Waals surface area contributed by atoms with Crippen LogP contribution < -0.4 is 0 Å². The smallest absolute Gasteiger partial charge is 0.256 e. The fourth-order valence-electron chi connectivity index (χ4n) is 4.10. The number of carbonyl (C=O) groups excluding carboxylic acids is 2. The summed E-state index contributed by atoms with van der Waals surface area (Å²) in [5.41, 5.74) is -0.115. The quantitative estimate of drug-likeness (QED) is 0.822. The zero-order valence-corrected chi connectivity index (χ0v) is 15.2. The lowest BCUT2D eigenvalue weighted by Crippen LogP contribution is -2.46. The molecule has 3 rings (SSSR count). The van der Waals surface area contributed by atoms with Crippen LogP contribution in [0.3, 0.4) is 0 Å². The standard InChI is InChI=1S/C20H26F2N2O2/c1-23(16-5-3-2-4-6-16)19(25)14-9-11-24(12-10-14)20(26)17-8-7-15(21)13-18(17)22/h7-8,13-14,16H,2-6,9-12H2,1H3. The highest BCUT2D eigenvalue weighted by atomic mass is 19.1. The molecule has 1 saturated heterocycles. The lowest BCUT2D eigenvalue weighted by molar-refractivity contribution is -0.138. The van der Waals surface area contributed by atoms with E-state index in [-0.39, 0.29) is 17.4 Å². The summed E-state index contributed by atoms with van der Waals surface area (Å²) in [6.45, 7) is 0.842. The maximum absolute atomic E-state index is 13.8. The van der Waals surface area contributed by atoms with Gasteiger partial charge in [-0.05, 0) is 37.8 Å². The van der Waals surface area contributed by atoms with Gasteiger partial charge in [0, 0.05) is 38.2 Å². The molecule has 2 aliphatic rings. The lowest BCUT2D eigenvalue weighted by Gasteiger charge is -2.37. The van der Waals surface area contributed by atoms with E-state index < -0.39 is 17.5 Å². The number of hydrogen-bond acceptors (Lipinski definition) is 2. The number of carbonyl (C=O) groups is 2. The van der Waals surface area contributed by atoms with Gasteiger partial charge in [-0.2, -0.15) is 0 Å². The largest absolute Gasteiger partial charge is 0.343 e. The molecule has 0 radical (unpaired) electrons. The number of hydrogen-bond donors (Lipinski definition) is 0. The van der Waals surface area contributed by atoms with E-state index in [4.69, 9.17) is 0 Å². The van der Waals surface area contributed by atoms with Crippen LogP contribution in [0.2, 0.25) is 0 Å². The molecule has 2 amide bonds. The molecule has 6 heteroatoms. The van der Waals surface area contributed by atoms with E-state index in [0.717, 1.165) is 25.0 Å². The Bertz CT molecular complexity index is 666. The summed E-state index contributed by atoms with van der Waals surface area (Å²) in [5.74, 6) is -1.89. The van der Waals surface area contributed by atoms with E-state index in [9.17, 15) is 18.4 Å². The maximum Gasteiger partial charge on any atom is 0.256 e. The third kappa shape index (κ3) is 4.05. The van der Waals surface area contributed by atoms with Gasteiger partial charge in [0.1, 0.15) is 11.6 Å². The number of amides is 2. The van der Waals surface area contributed by atoms with Crippen molar-refractivity contribution in [3.8, 4) is 0 Å². The minimum atomic E-state index is -0.842. The Morgan fingerprint density at radius 2 is 1.69 bits per heavy atom. The Hall–Kier alpha value is -1.98. The van der Waals surface area contributed by atoms with Gasteiger partial charge in [-0.15, -0.1) is 0 Å². The number of halogens is 2. The van der Waals surface area contributed by atoms with Crippen molar-refractivity contribution >= 4 is 11.8 Å². The minimum absolute atomic E-state index is 0.0796. The molecule has 1 saturated carbocycles. The molecule has 26 heavy (non-hydrogen) atoms. The number of nitrogens with zero attached hydrogens (tertiary/aromatic N) is 2. The molecular formula is C20H26F2N2O2. The molecule has 2 fully saturated rings. The highest BCUT2D eigenvalue weighted by Crippen LogP contribution is 2.26. The molecule has 0 atom stereocenters. The van der Waals surface area contributed by atoms with E-state index >= 15 is 0 Å². The summed E-state index contributed by atoms with van der Waals surface area (Å²) in [4.78, 5) is 28.7. The second kappa shape index (κ2) is 8.14. The van der Waals surface area contributed by atoms with Crippen LogP contribution in [0.1, 0.15) is 55.3 Å². The van der Waals surface area contributed by atoms with Crippen LogP contribution >= 0.6 is 0 Å². The topological polar surface area (TPSA) is 40.6 Å². The Morgan fingerprint density at radius 3 is 2.31 bits per heavy atom. The van der Waals surface area contributed by atoms with Gasteiger partial charge in [0.25, 0.3) is 5.91 Å². The average Bonchev–Trinajstić information content (AvgIpc) is 2.67. The van der Waals surface area contributed by atoms with Gasteiger partial charge in [0.15, 0.2) is 0 Å². The Morgan fingerprint density at radius 1 is 1.04 bits per heavy atom. The van der Waals surface area contributed by atoms with E-state index in [1.54, 1.807) is 4.90 Å². The predicted molar refractivity (Wildman–Crippen MR) is 94.6 cm³/mol. The second-order valence-corrected chi connectivity index (χ2v) is 7.43. The Labute approximate surface area is 153 Å². The molecule has 4 nitrogen and oxygen atoms in total. The van der Waals surface area contributed by atoms with E-state index in [1.807, 2.05) is 11.9 Å². The summed E-state index contributed by atoms with van der Waals surface area (Å²) in [6.07, 6.45) is 6.93. The number of benzene rings is 1. The first-order valence-electron chi connectivity index (χ1n) is 9.48. The summed E-state index contributed by atoms with van der Waals surface area (Å²) in [7, 11) is 1.89. The molecule has 0 aromatic heterocycles. The number of rotatable bonds is 3. The van der Waals surface area contributed by atoms with E-state index in [0.29, 0.717) is 32.0 Å². The van der Waals surface area contributed by atoms with Crippen LogP contribution in [0.5, 0.6) is 0 Å². The van der Waals surface area contributed by atoms with Crippen molar-refractivity contribution in [2.75, 3.05) is 20.1 Å². The molecule has 1 aliphatic heterocycles. The van der Waals surface area contributed by atoms with Crippen molar-refractivity contribution in [3.63, 3.8) is 0 Å². The highest BCUT2D eigenvalue weighted by molar-refractivity contribution is 5.94. The Balaban J connectivity index is 1.56. The molecule has 1 heterocycles. The van der Waals surface area contributed by atoms with Crippen LogP contribution in [-0.4, -0.2) is 47.8 Å². The first-order chi connectivity index (χ1) is 12.5. The van der Waals surface area contributed by atoms with Crippen LogP contribution in [0.4, 0.5) is 8.78 Å². The monoisotopic (exact) mass is 364 g/mol. The van der Waals surface area contributed by atoms with Crippen molar-refractivity contribution in [1.29, 1.82) is 0 Å². The lowest BCUT2D eigenvalue weighted by atomic mass is 9.91. The van der Waals surface area contributed by atoms with Crippen molar-refractivity contribution in [2.45, 2.75) is 51.0 Å². The van der Waals surface area contributed by atoms with Gasteiger partial charge < -0.3 is 9.80 Å². The van der Waals surface area contributed by atoms with Gasteiger partial charge in [0.2, 0.25) is 5.91 Å². The van der Waals surface area contributed by atoms with Crippen LogP contribution in [-0.2, 0) is 4.79 Å². The average molecular weight is 364 g/mol. The third-order valence-electron chi connectivity index (χ3n) is 5.76. The minimum Gasteiger partial charge on any atom is -0.343 e. The number of piperidine rings is 1. The molecule has 1 aromatic carbocycles. The summed E-state index contributed by atoms with van der Waals surface area (Å²) in [6, 6.07) is 3.33. The fraction of sp³-hybridized carbons (Fsp3) is 0.600. The molecule has 0 unspecified atom stereocenters. The van der Waals surface area contributed by atoms with Crippen molar-refractivity contribution in [3.05, 3.63) is 35.4 Å². The van der Waals surface area contributed by atoms with E-state index in [2.05, 4.69) is 0 Å². The zero-order valence-electron chi connectivity index (χ0n) is 15.2. The molecular weight excluding hydrogens is 338 g/mol. The molecule has 0 bridgehead atoms. The fourth-order valence-corrected chi connectivity index (χ4v) is 4.10. The normalized spacial score (nSPS) is 19.4. The number of likely N-dealkylation sites (tertiary alicyclic amines) is 1. The van der Waals surface area contributed by atoms with Gasteiger partial charge in [-0.1, -0.05) is 19.3 Å². The van der Waals surface area contributed by atoms with Gasteiger partial charge in [-0.25, -0.2) is 8.78 Å². The first kappa shape index (κ1) is 18.8. The van der Waals surface area contributed by atoms with Gasteiger partial charge >= 0.3 is 0 Å². The van der Waals surface area contributed by atoms with Crippen molar-refractivity contribution in [1.82, 2.24) is 9.80 Å². The highest BCUT2D eigenvalue weighted by Gasteiger charge is 2.32.